The van der Waals surface area contributed by atoms with Crippen molar-refractivity contribution in [3.8, 4) is 5.75 Å². The molecule has 2 aromatic rings. The van der Waals surface area contributed by atoms with Crippen molar-refractivity contribution in [3.63, 3.8) is 0 Å². The molecule has 0 saturated carbocycles. The third-order valence-electron chi connectivity index (χ3n) is 2.10. The summed E-state index contributed by atoms with van der Waals surface area (Å²) in [5.41, 5.74) is 1.39. The van der Waals surface area contributed by atoms with Crippen LogP contribution in [-0.2, 0) is 0 Å². The summed E-state index contributed by atoms with van der Waals surface area (Å²) in [5.74, 6) is -1.62. The van der Waals surface area contributed by atoms with Crippen LogP contribution in [0.15, 0.2) is 29.8 Å². The number of carboxylic acids is 1. The molecule has 0 bridgehead atoms. The molecule has 0 aliphatic carbocycles. The molecule has 0 atom stereocenters. The minimum atomic E-state index is -4.78. The lowest BCUT2D eigenvalue weighted by Crippen LogP contribution is -2.17. The van der Waals surface area contributed by atoms with Gasteiger partial charge in [0.05, 0.1) is 5.51 Å². The van der Waals surface area contributed by atoms with E-state index in [0.717, 1.165) is 23.5 Å². The molecule has 0 unspecified atom stereocenters. The smallest absolute Gasteiger partial charge is 0.476 e. The molecule has 2 N–H and O–H groups in total. The van der Waals surface area contributed by atoms with E-state index in [0.29, 0.717) is 0 Å². The van der Waals surface area contributed by atoms with Gasteiger partial charge in [-0.1, -0.05) is 6.07 Å². The Labute approximate surface area is 114 Å². The van der Waals surface area contributed by atoms with Gasteiger partial charge in [-0.25, -0.2) is 9.78 Å². The van der Waals surface area contributed by atoms with E-state index in [-0.39, 0.29) is 16.4 Å². The average Bonchev–Trinajstić information content (AvgIpc) is 2.75. The fourth-order valence-electron chi connectivity index (χ4n) is 1.39. The van der Waals surface area contributed by atoms with Crippen LogP contribution in [0, 0.1) is 0 Å². The third kappa shape index (κ3) is 3.60. The van der Waals surface area contributed by atoms with Crippen molar-refractivity contribution >= 4 is 28.0 Å². The summed E-state index contributed by atoms with van der Waals surface area (Å²) in [6.07, 6.45) is -4.78. The average molecular weight is 304 g/mol. The van der Waals surface area contributed by atoms with E-state index < -0.39 is 18.1 Å². The molecule has 9 heteroatoms. The third-order valence-corrected chi connectivity index (χ3v) is 2.84. The lowest BCUT2D eigenvalue weighted by Gasteiger charge is -2.10. The Morgan fingerprint density at radius 2 is 2.15 bits per heavy atom. The maximum Gasteiger partial charge on any atom is 0.573 e. The first kappa shape index (κ1) is 14.1. The number of nitrogens with zero attached hydrogens (tertiary/aromatic N) is 1. The second-order valence-electron chi connectivity index (χ2n) is 3.54. The first-order chi connectivity index (χ1) is 9.35. The molecule has 2 rings (SSSR count). The first-order valence-corrected chi connectivity index (χ1v) is 6.03. The Balaban J connectivity index is 2.20. The van der Waals surface area contributed by atoms with E-state index in [1.165, 1.54) is 17.6 Å². The molecular formula is C11H7F3N2O3S. The van der Waals surface area contributed by atoms with Gasteiger partial charge in [-0.15, -0.1) is 24.5 Å². The second-order valence-corrected chi connectivity index (χ2v) is 4.39. The Morgan fingerprint density at radius 1 is 1.40 bits per heavy atom. The topological polar surface area (TPSA) is 71.5 Å². The molecule has 0 fully saturated rings. The zero-order valence-corrected chi connectivity index (χ0v) is 10.5. The van der Waals surface area contributed by atoms with Crippen molar-refractivity contribution in [1.82, 2.24) is 4.98 Å². The standard InChI is InChI=1S/C11H7F3N2O3S/c12-11(13,14)19-7-3-1-2-6(4-7)16-9-8(10(17)18)15-5-20-9/h1-5,16H,(H,17,18). The van der Waals surface area contributed by atoms with E-state index in [2.05, 4.69) is 15.0 Å². The molecule has 0 spiro atoms. The van der Waals surface area contributed by atoms with Gasteiger partial charge in [-0.05, 0) is 12.1 Å². The zero-order chi connectivity index (χ0) is 14.8. The number of thiazole rings is 1. The molecule has 0 radical (unpaired) electrons. The van der Waals surface area contributed by atoms with Crippen LogP contribution in [0.4, 0.5) is 23.9 Å². The van der Waals surface area contributed by atoms with E-state index in [1.54, 1.807) is 0 Å². The Hall–Kier alpha value is -2.29. The maximum absolute atomic E-state index is 12.1. The summed E-state index contributed by atoms with van der Waals surface area (Å²) in [7, 11) is 0. The van der Waals surface area contributed by atoms with E-state index in [4.69, 9.17) is 5.11 Å². The largest absolute Gasteiger partial charge is 0.573 e. The highest BCUT2D eigenvalue weighted by atomic mass is 32.1. The fraction of sp³-hybridized carbons (Fsp3) is 0.0909. The molecule has 106 valence electrons. The van der Waals surface area contributed by atoms with Crippen LogP contribution in [0.2, 0.25) is 0 Å². The SMILES string of the molecule is O=C(O)c1ncsc1Nc1cccc(OC(F)(F)F)c1. The van der Waals surface area contributed by atoms with Crippen LogP contribution in [0.5, 0.6) is 5.75 Å². The number of ether oxygens (including phenoxy) is 1. The summed E-state index contributed by atoms with van der Waals surface area (Å²) in [6.45, 7) is 0. The van der Waals surface area contributed by atoms with Gasteiger partial charge in [0.15, 0.2) is 5.69 Å². The molecule has 1 heterocycles. The van der Waals surface area contributed by atoms with Crippen LogP contribution in [0.1, 0.15) is 10.5 Å². The Bertz CT molecular complexity index is 627. The Kier molecular flexibility index (Phi) is 3.79. The van der Waals surface area contributed by atoms with Gasteiger partial charge in [0.25, 0.3) is 0 Å². The minimum Gasteiger partial charge on any atom is -0.476 e. The second kappa shape index (κ2) is 5.37. The highest BCUT2D eigenvalue weighted by Gasteiger charge is 2.31. The van der Waals surface area contributed by atoms with E-state index >= 15 is 0 Å². The number of hydrogen-bond donors (Lipinski definition) is 2. The highest BCUT2D eigenvalue weighted by Crippen LogP contribution is 2.29. The summed E-state index contributed by atoms with van der Waals surface area (Å²) in [5, 5.41) is 11.8. The van der Waals surface area contributed by atoms with Crippen LogP contribution in [0.25, 0.3) is 0 Å². The molecule has 20 heavy (non-hydrogen) atoms. The van der Waals surface area contributed by atoms with Crippen molar-refractivity contribution in [2.45, 2.75) is 6.36 Å². The quantitative estimate of drug-likeness (QED) is 0.904. The van der Waals surface area contributed by atoms with E-state index in [9.17, 15) is 18.0 Å². The number of aromatic nitrogens is 1. The number of halogens is 3. The fourth-order valence-corrected chi connectivity index (χ4v) is 2.08. The number of carbonyl (C=O) groups is 1. The van der Waals surface area contributed by atoms with E-state index in [1.807, 2.05) is 0 Å². The van der Waals surface area contributed by atoms with Crippen molar-refractivity contribution in [2.24, 2.45) is 0 Å². The zero-order valence-electron chi connectivity index (χ0n) is 9.64. The van der Waals surface area contributed by atoms with Crippen LogP contribution in [0.3, 0.4) is 0 Å². The number of benzene rings is 1. The number of hydrogen-bond acceptors (Lipinski definition) is 5. The van der Waals surface area contributed by atoms with Gasteiger partial charge in [0.1, 0.15) is 10.8 Å². The number of aromatic carboxylic acids is 1. The van der Waals surface area contributed by atoms with Crippen LogP contribution < -0.4 is 10.1 Å². The van der Waals surface area contributed by atoms with Gasteiger partial charge in [0.2, 0.25) is 0 Å². The van der Waals surface area contributed by atoms with Crippen molar-refractivity contribution < 1.29 is 27.8 Å². The van der Waals surface area contributed by atoms with Gasteiger partial charge < -0.3 is 15.2 Å². The number of rotatable bonds is 4. The summed E-state index contributed by atoms with van der Waals surface area (Å²) < 4.78 is 40.0. The number of carboxylic acid groups (broad SMARTS) is 1. The monoisotopic (exact) mass is 304 g/mol. The highest BCUT2D eigenvalue weighted by molar-refractivity contribution is 7.14. The summed E-state index contributed by atoms with van der Waals surface area (Å²) >= 11 is 1.03. The number of anilines is 2. The number of alkyl halides is 3. The molecule has 1 aromatic heterocycles. The Morgan fingerprint density at radius 3 is 2.80 bits per heavy atom. The number of nitrogens with one attached hydrogen (secondary N) is 1. The lowest BCUT2D eigenvalue weighted by molar-refractivity contribution is -0.274. The molecule has 0 amide bonds. The molecular weight excluding hydrogens is 297 g/mol. The molecule has 0 aliphatic heterocycles. The van der Waals surface area contributed by atoms with Gasteiger partial charge in [-0.3, -0.25) is 0 Å². The molecule has 0 aliphatic rings. The van der Waals surface area contributed by atoms with Crippen LogP contribution >= 0.6 is 11.3 Å². The van der Waals surface area contributed by atoms with Gasteiger partial charge >= 0.3 is 12.3 Å². The predicted octanol–water partition coefficient (Wildman–Crippen LogP) is 3.48. The van der Waals surface area contributed by atoms with Crippen molar-refractivity contribution in [2.75, 3.05) is 5.32 Å². The summed E-state index contributed by atoms with van der Waals surface area (Å²) in [4.78, 5) is 14.5. The molecule has 1 aromatic carbocycles. The predicted molar refractivity (Wildman–Crippen MR) is 65.5 cm³/mol. The lowest BCUT2D eigenvalue weighted by atomic mass is 10.3. The summed E-state index contributed by atoms with van der Waals surface area (Å²) in [6, 6.07) is 5.09. The van der Waals surface area contributed by atoms with Crippen molar-refractivity contribution in [3.05, 3.63) is 35.5 Å². The normalized spacial score (nSPS) is 11.2. The van der Waals surface area contributed by atoms with Gasteiger partial charge in [0, 0.05) is 11.8 Å². The van der Waals surface area contributed by atoms with Gasteiger partial charge in [-0.2, -0.15) is 0 Å². The first-order valence-electron chi connectivity index (χ1n) is 5.15. The van der Waals surface area contributed by atoms with Crippen molar-refractivity contribution in [1.29, 1.82) is 0 Å². The maximum atomic E-state index is 12.1. The van der Waals surface area contributed by atoms with Crippen LogP contribution in [-0.4, -0.2) is 22.4 Å². The minimum absolute atomic E-state index is 0.197. The molecule has 5 nitrogen and oxygen atoms in total. The molecule has 0 saturated heterocycles.